The molecule has 0 radical (unpaired) electrons. The molecule has 1 amide bonds. The molecule has 20 heavy (non-hydrogen) atoms. The zero-order valence-corrected chi connectivity index (χ0v) is 11.1. The highest BCUT2D eigenvalue weighted by Crippen LogP contribution is 2.19. The molecule has 0 bridgehead atoms. The van der Waals surface area contributed by atoms with Crippen LogP contribution >= 0.6 is 0 Å². The van der Waals surface area contributed by atoms with Crippen molar-refractivity contribution in [3.63, 3.8) is 0 Å². The number of ether oxygens (including phenoxy) is 1. The first-order valence-corrected chi connectivity index (χ1v) is 6.44. The summed E-state index contributed by atoms with van der Waals surface area (Å²) in [6.45, 7) is 0. The predicted molar refractivity (Wildman–Crippen MR) is 70.5 cm³/mol. The highest BCUT2D eigenvalue weighted by molar-refractivity contribution is 5.93. The molecule has 0 aliphatic heterocycles. The number of carbonyl (C=O) groups is 1. The van der Waals surface area contributed by atoms with E-state index in [0.717, 1.165) is 25.0 Å². The number of methoxy groups -OCH3 is 1. The molecule has 3 rings (SSSR count). The van der Waals surface area contributed by atoms with Gasteiger partial charge in [0.2, 0.25) is 0 Å². The summed E-state index contributed by atoms with van der Waals surface area (Å²) >= 11 is 0. The first-order valence-electron chi connectivity index (χ1n) is 6.44. The minimum absolute atomic E-state index is 0.109. The second-order valence-corrected chi connectivity index (χ2v) is 4.75. The van der Waals surface area contributed by atoms with Crippen LogP contribution in [0.5, 0.6) is 6.01 Å². The Morgan fingerprint density at radius 1 is 1.40 bits per heavy atom. The maximum absolute atomic E-state index is 12.1. The minimum Gasteiger partial charge on any atom is -0.467 e. The van der Waals surface area contributed by atoms with E-state index < -0.39 is 0 Å². The Morgan fingerprint density at radius 2 is 2.20 bits per heavy atom. The summed E-state index contributed by atoms with van der Waals surface area (Å²) in [5, 5.41) is 9.99. The maximum Gasteiger partial charge on any atom is 0.316 e. The summed E-state index contributed by atoms with van der Waals surface area (Å²) in [6.07, 6.45) is 7.39. The highest BCUT2D eigenvalue weighted by Gasteiger charge is 2.22. The van der Waals surface area contributed by atoms with E-state index in [1.165, 1.54) is 25.1 Å². The van der Waals surface area contributed by atoms with Crippen LogP contribution in [0.25, 0.3) is 0 Å². The quantitative estimate of drug-likeness (QED) is 0.849. The third-order valence-electron chi connectivity index (χ3n) is 3.43. The van der Waals surface area contributed by atoms with Crippen molar-refractivity contribution in [1.29, 1.82) is 0 Å². The molecule has 104 valence electrons. The van der Waals surface area contributed by atoms with Crippen LogP contribution in [0.15, 0.2) is 18.6 Å². The predicted octanol–water partition coefficient (Wildman–Crippen LogP) is 0.496. The topological polar surface area (TPSA) is 92.8 Å². The van der Waals surface area contributed by atoms with Gasteiger partial charge in [0, 0.05) is 30.6 Å². The van der Waals surface area contributed by atoms with Gasteiger partial charge < -0.3 is 10.1 Å². The number of rotatable bonds is 3. The molecular weight excluding hydrogens is 258 g/mol. The number of aromatic amines is 1. The van der Waals surface area contributed by atoms with Crippen molar-refractivity contribution in [3.05, 3.63) is 35.4 Å². The standard InChI is InChI=1S/C13H15N5O2/c1-20-13-14-5-9(6-15-13)12(19)17-10-3-2-8-7-16-18-11(8)4-10/h5-7,10H,2-4H2,1H3,(H,16,18)(H,17,19)/t10-/m0/s1. The fourth-order valence-electron chi connectivity index (χ4n) is 2.34. The molecule has 0 aromatic carbocycles. The lowest BCUT2D eigenvalue weighted by Gasteiger charge is -2.22. The van der Waals surface area contributed by atoms with Crippen LogP contribution in [0.2, 0.25) is 0 Å². The van der Waals surface area contributed by atoms with E-state index >= 15 is 0 Å². The van der Waals surface area contributed by atoms with E-state index in [1.54, 1.807) is 0 Å². The van der Waals surface area contributed by atoms with Gasteiger partial charge in [0.15, 0.2) is 0 Å². The zero-order chi connectivity index (χ0) is 13.9. The third-order valence-corrected chi connectivity index (χ3v) is 3.43. The SMILES string of the molecule is COc1ncc(C(=O)N[C@H]2CCc3cn[nH]c3C2)cn1. The molecule has 1 atom stereocenters. The number of hydrogen-bond acceptors (Lipinski definition) is 5. The molecule has 1 aliphatic rings. The fourth-order valence-corrected chi connectivity index (χ4v) is 2.34. The van der Waals surface area contributed by atoms with Gasteiger partial charge in [0.05, 0.1) is 18.9 Å². The Kier molecular flexibility index (Phi) is 3.32. The zero-order valence-electron chi connectivity index (χ0n) is 11.1. The van der Waals surface area contributed by atoms with E-state index in [1.807, 2.05) is 6.20 Å². The Bertz CT molecular complexity index is 607. The maximum atomic E-state index is 12.1. The summed E-state index contributed by atoms with van der Waals surface area (Å²) in [4.78, 5) is 20.0. The summed E-state index contributed by atoms with van der Waals surface area (Å²) in [6, 6.07) is 0.360. The number of fused-ring (bicyclic) bond motifs is 1. The fraction of sp³-hybridized carbons (Fsp3) is 0.385. The molecule has 2 heterocycles. The first-order chi connectivity index (χ1) is 9.76. The van der Waals surface area contributed by atoms with E-state index in [9.17, 15) is 4.79 Å². The number of carbonyl (C=O) groups excluding carboxylic acids is 1. The number of hydrogen-bond donors (Lipinski definition) is 2. The third kappa shape index (κ3) is 2.47. The van der Waals surface area contributed by atoms with E-state index in [2.05, 4.69) is 25.5 Å². The van der Waals surface area contributed by atoms with Gasteiger partial charge in [-0.25, -0.2) is 9.97 Å². The van der Waals surface area contributed by atoms with Crippen LogP contribution in [-0.4, -0.2) is 39.2 Å². The Labute approximate surface area is 115 Å². The number of nitrogens with zero attached hydrogens (tertiary/aromatic N) is 3. The molecule has 0 saturated heterocycles. The molecule has 0 unspecified atom stereocenters. The summed E-state index contributed by atoms with van der Waals surface area (Å²) in [5.74, 6) is -0.166. The molecule has 2 N–H and O–H groups in total. The van der Waals surface area contributed by atoms with Crippen molar-refractivity contribution >= 4 is 5.91 Å². The van der Waals surface area contributed by atoms with Gasteiger partial charge in [-0.15, -0.1) is 0 Å². The number of aryl methyl sites for hydroxylation is 1. The largest absolute Gasteiger partial charge is 0.467 e. The van der Waals surface area contributed by atoms with Crippen LogP contribution in [0.4, 0.5) is 0 Å². The summed E-state index contributed by atoms with van der Waals surface area (Å²) in [5.41, 5.74) is 2.78. The lowest BCUT2D eigenvalue weighted by molar-refractivity contribution is 0.0932. The molecule has 2 aromatic rings. The molecule has 7 nitrogen and oxygen atoms in total. The Hall–Kier alpha value is -2.44. The molecule has 2 aromatic heterocycles. The average Bonchev–Trinajstić information content (AvgIpc) is 2.95. The minimum atomic E-state index is -0.166. The van der Waals surface area contributed by atoms with Crippen molar-refractivity contribution in [2.24, 2.45) is 0 Å². The van der Waals surface area contributed by atoms with E-state index in [0.29, 0.717) is 5.56 Å². The summed E-state index contributed by atoms with van der Waals surface area (Å²) < 4.78 is 4.86. The van der Waals surface area contributed by atoms with Gasteiger partial charge in [-0.1, -0.05) is 0 Å². The van der Waals surface area contributed by atoms with Crippen molar-refractivity contribution in [2.45, 2.75) is 25.3 Å². The smallest absolute Gasteiger partial charge is 0.316 e. The second-order valence-electron chi connectivity index (χ2n) is 4.75. The van der Waals surface area contributed by atoms with Crippen LogP contribution in [-0.2, 0) is 12.8 Å². The molecule has 0 spiro atoms. The van der Waals surface area contributed by atoms with Gasteiger partial charge in [-0.05, 0) is 18.4 Å². The lowest BCUT2D eigenvalue weighted by atomic mass is 9.93. The van der Waals surface area contributed by atoms with Crippen LogP contribution < -0.4 is 10.1 Å². The van der Waals surface area contributed by atoms with Gasteiger partial charge in [-0.3, -0.25) is 9.89 Å². The number of nitrogens with one attached hydrogen (secondary N) is 2. The first kappa shape index (κ1) is 12.6. The molecular formula is C13H15N5O2. The second kappa shape index (κ2) is 5.28. The number of aromatic nitrogens is 4. The van der Waals surface area contributed by atoms with Crippen molar-refractivity contribution < 1.29 is 9.53 Å². The number of H-pyrrole nitrogens is 1. The van der Waals surface area contributed by atoms with Gasteiger partial charge >= 0.3 is 6.01 Å². The monoisotopic (exact) mass is 273 g/mol. The molecule has 7 heteroatoms. The normalized spacial score (nSPS) is 17.4. The molecule has 1 aliphatic carbocycles. The Balaban J connectivity index is 1.64. The number of amides is 1. The highest BCUT2D eigenvalue weighted by atomic mass is 16.5. The molecule has 0 saturated carbocycles. The van der Waals surface area contributed by atoms with Gasteiger partial charge in [0.1, 0.15) is 0 Å². The van der Waals surface area contributed by atoms with Crippen LogP contribution in [0.1, 0.15) is 28.0 Å². The van der Waals surface area contributed by atoms with Crippen molar-refractivity contribution in [3.8, 4) is 6.01 Å². The molecule has 0 fully saturated rings. The average molecular weight is 273 g/mol. The van der Waals surface area contributed by atoms with Crippen LogP contribution in [0.3, 0.4) is 0 Å². The van der Waals surface area contributed by atoms with E-state index in [4.69, 9.17) is 4.74 Å². The van der Waals surface area contributed by atoms with Gasteiger partial charge in [-0.2, -0.15) is 5.10 Å². The van der Waals surface area contributed by atoms with Crippen molar-refractivity contribution in [1.82, 2.24) is 25.5 Å². The van der Waals surface area contributed by atoms with E-state index in [-0.39, 0.29) is 18.0 Å². The van der Waals surface area contributed by atoms with Crippen LogP contribution in [0, 0.1) is 0 Å². The van der Waals surface area contributed by atoms with Gasteiger partial charge in [0.25, 0.3) is 5.91 Å². The Morgan fingerprint density at radius 3 is 2.95 bits per heavy atom. The summed E-state index contributed by atoms with van der Waals surface area (Å²) in [7, 11) is 1.49. The lowest BCUT2D eigenvalue weighted by Crippen LogP contribution is -2.38. The van der Waals surface area contributed by atoms with Crippen molar-refractivity contribution in [2.75, 3.05) is 7.11 Å².